The average Bonchev–Trinajstić information content (AvgIpc) is 2.58. The van der Waals surface area contributed by atoms with Gasteiger partial charge in [0.15, 0.2) is 11.5 Å². The first-order valence-electron chi connectivity index (χ1n) is 8.53. The smallest absolute Gasteiger partial charge is 0.161 e. The van der Waals surface area contributed by atoms with E-state index < -0.39 is 0 Å². The number of aliphatic hydroxyl groups is 1. The maximum absolute atomic E-state index is 9.90. The molecule has 1 saturated heterocycles. The van der Waals surface area contributed by atoms with Crippen LogP contribution in [0.1, 0.15) is 31.4 Å². The fraction of sp³-hybridized carbons (Fsp3) is 0.667. The Morgan fingerprint density at radius 3 is 2.52 bits per heavy atom. The molecular weight excluding hydrogens is 292 g/mol. The Morgan fingerprint density at radius 1 is 1.17 bits per heavy atom. The van der Waals surface area contributed by atoms with Crippen molar-refractivity contribution in [3.63, 3.8) is 0 Å². The maximum atomic E-state index is 9.90. The van der Waals surface area contributed by atoms with Crippen LogP contribution in [-0.2, 0) is 0 Å². The first-order valence-corrected chi connectivity index (χ1v) is 8.53. The average molecular weight is 322 g/mol. The quantitative estimate of drug-likeness (QED) is 0.743. The lowest BCUT2D eigenvalue weighted by Gasteiger charge is -2.37. The molecule has 1 heterocycles. The van der Waals surface area contributed by atoms with Crippen molar-refractivity contribution in [1.82, 2.24) is 9.80 Å². The van der Waals surface area contributed by atoms with E-state index >= 15 is 0 Å². The summed E-state index contributed by atoms with van der Waals surface area (Å²) >= 11 is 0. The van der Waals surface area contributed by atoms with E-state index in [-0.39, 0.29) is 12.6 Å². The van der Waals surface area contributed by atoms with Crippen molar-refractivity contribution in [3.8, 4) is 11.5 Å². The highest BCUT2D eigenvalue weighted by Crippen LogP contribution is 2.32. The van der Waals surface area contributed by atoms with Crippen molar-refractivity contribution in [2.45, 2.75) is 25.8 Å². The van der Waals surface area contributed by atoms with Crippen molar-refractivity contribution in [2.75, 3.05) is 53.6 Å². The van der Waals surface area contributed by atoms with Crippen LogP contribution in [0, 0.1) is 0 Å². The lowest BCUT2D eigenvalue weighted by atomic mass is 10.0. The lowest BCUT2D eigenvalue weighted by molar-refractivity contribution is 0.0746. The fourth-order valence-electron chi connectivity index (χ4n) is 2.91. The number of hydrogen-bond donors (Lipinski definition) is 1. The molecular formula is C18H30N2O3. The predicted molar refractivity (Wildman–Crippen MR) is 92.3 cm³/mol. The topological polar surface area (TPSA) is 45.2 Å². The molecule has 0 spiro atoms. The van der Waals surface area contributed by atoms with Gasteiger partial charge in [-0.25, -0.2) is 0 Å². The Hall–Kier alpha value is -1.30. The van der Waals surface area contributed by atoms with Crippen LogP contribution in [-0.4, -0.2) is 68.5 Å². The van der Waals surface area contributed by atoms with Gasteiger partial charge in [0.25, 0.3) is 0 Å². The molecule has 0 radical (unpaired) electrons. The number of likely N-dealkylation sites (N-methyl/N-ethyl adjacent to an activating group) is 1. The van der Waals surface area contributed by atoms with E-state index in [9.17, 15) is 5.11 Å². The van der Waals surface area contributed by atoms with E-state index in [0.29, 0.717) is 6.61 Å². The molecule has 1 aromatic rings. The summed E-state index contributed by atoms with van der Waals surface area (Å²) in [7, 11) is 3.80. The molecule has 1 aliphatic heterocycles. The third-order valence-corrected chi connectivity index (χ3v) is 4.48. The molecule has 0 bridgehead atoms. The molecule has 0 aromatic heterocycles. The van der Waals surface area contributed by atoms with Gasteiger partial charge in [-0.05, 0) is 31.2 Å². The third kappa shape index (κ3) is 4.83. The summed E-state index contributed by atoms with van der Waals surface area (Å²) < 4.78 is 11.3. The van der Waals surface area contributed by atoms with Gasteiger partial charge in [0.2, 0.25) is 0 Å². The first-order chi connectivity index (χ1) is 11.2. The summed E-state index contributed by atoms with van der Waals surface area (Å²) in [6, 6.07) is 6.01. The summed E-state index contributed by atoms with van der Waals surface area (Å²) in [5.41, 5.74) is 1.09. The SMILES string of the molecule is CCCCOc1cc(C(CO)N2CCN(C)CC2)ccc1OC. The number of unbranched alkanes of at least 4 members (excludes halogenated alkanes) is 1. The first kappa shape index (κ1) is 18.0. The van der Waals surface area contributed by atoms with Gasteiger partial charge in [-0.2, -0.15) is 0 Å². The zero-order valence-electron chi connectivity index (χ0n) is 14.6. The molecule has 0 aliphatic carbocycles. The Morgan fingerprint density at radius 2 is 1.91 bits per heavy atom. The van der Waals surface area contributed by atoms with Crippen molar-refractivity contribution < 1.29 is 14.6 Å². The van der Waals surface area contributed by atoms with Crippen LogP contribution in [0.5, 0.6) is 11.5 Å². The van der Waals surface area contributed by atoms with Gasteiger partial charge in [0.05, 0.1) is 26.4 Å². The van der Waals surface area contributed by atoms with E-state index in [1.165, 1.54) is 0 Å². The molecule has 1 N–H and O–H groups in total. The molecule has 1 aromatic carbocycles. The highest BCUT2D eigenvalue weighted by Gasteiger charge is 2.24. The molecule has 5 nitrogen and oxygen atoms in total. The zero-order valence-corrected chi connectivity index (χ0v) is 14.6. The normalized spacial score (nSPS) is 17.9. The number of rotatable bonds is 8. The molecule has 1 fully saturated rings. The number of aliphatic hydroxyl groups excluding tert-OH is 1. The number of ether oxygens (including phenoxy) is 2. The Balaban J connectivity index is 2.14. The number of methoxy groups -OCH3 is 1. The highest BCUT2D eigenvalue weighted by atomic mass is 16.5. The van der Waals surface area contributed by atoms with Gasteiger partial charge < -0.3 is 19.5 Å². The van der Waals surface area contributed by atoms with Gasteiger partial charge in [0, 0.05) is 26.2 Å². The standard InChI is InChI=1S/C18H30N2O3/c1-4-5-12-23-18-13-15(6-7-17(18)22-3)16(14-21)20-10-8-19(2)9-11-20/h6-7,13,16,21H,4-5,8-12,14H2,1-3H3. The molecule has 5 heteroatoms. The summed E-state index contributed by atoms with van der Waals surface area (Å²) in [5, 5.41) is 9.90. The van der Waals surface area contributed by atoms with E-state index in [4.69, 9.17) is 9.47 Å². The Kier molecular flexibility index (Phi) is 7.15. The van der Waals surface area contributed by atoms with Crippen molar-refractivity contribution >= 4 is 0 Å². The molecule has 23 heavy (non-hydrogen) atoms. The molecule has 2 rings (SSSR count). The highest BCUT2D eigenvalue weighted by molar-refractivity contribution is 5.44. The van der Waals surface area contributed by atoms with Crippen LogP contribution in [0.15, 0.2) is 18.2 Å². The minimum absolute atomic E-state index is 0.0168. The second kappa shape index (κ2) is 9.11. The van der Waals surface area contributed by atoms with E-state index in [2.05, 4.69) is 23.8 Å². The number of piperazine rings is 1. The van der Waals surface area contributed by atoms with E-state index in [1.54, 1.807) is 7.11 Å². The fourth-order valence-corrected chi connectivity index (χ4v) is 2.91. The van der Waals surface area contributed by atoms with Crippen molar-refractivity contribution in [2.24, 2.45) is 0 Å². The van der Waals surface area contributed by atoms with Crippen molar-refractivity contribution in [3.05, 3.63) is 23.8 Å². The number of hydrogen-bond acceptors (Lipinski definition) is 5. The largest absolute Gasteiger partial charge is 0.493 e. The number of benzene rings is 1. The van der Waals surface area contributed by atoms with Crippen LogP contribution in [0.25, 0.3) is 0 Å². The minimum Gasteiger partial charge on any atom is -0.493 e. The molecule has 1 aliphatic rings. The third-order valence-electron chi connectivity index (χ3n) is 4.48. The van der Waals surface area contributed by atoms with Crippen LogP contribution in [0.3, 0.4) is 0 Å². The Bertz CT molecular complexity index is 473. The summed E-state index contributed by atoms with van der Waals surface area (Å²) in [5.74, 6) is 1.52. The van der Waals surface area contributed by atoms with Gasteiger partial charge in [-0.3, -0.25) is 4.90 Å². The van der Waals surface area contributed by atoms with Crippen molar-refractivity contribution in [1.29, 1.82) is 0 Å². The molecule has 0 saturated carbocycles. The lowest BCUT2D eigenvalue weighted by Crippen LogP contribution is -2.46. The monoisotopic (exact) mass is 322 g/mol. The maximum Gasteiger partial charge on any atom is 0.161 e. The molecule has 130 valence electrons. The second-order valence-corrected chi connectivity index (χ2v) is 6.15. The van der Waals surface area contributed by atoms with Crippen LogP contribution < -0.4 is 9.47 Å². The van der Waals surface area contributed by atoms with Gasteiger partial charge in [-0.1, -0.05) is 19.4 Å². The van der Waals surface area contributed by atoms with Gasteiger partial charge >= 0.3 is 0 Å². The Labute approximate surface area is 139 Å². The summed E-state index contributed by atoms with van der Waals surface area (Å²) in [6.45, 7) is 6.96. The van der Waals surface area contributed by atoms with E-state index in [0.717, 1.165) is 56.1 Å². The minimum atomic E-state index is 0.0168. The van der Waals surface area contributed by atoms with E-state index in [1.807, 2.05) is 18.2 Å². The summed E-state index contributed by atoms with van der Waals surface area (Å²) in [4.78, 5) is 4.66. The second-order valence-electron chi connectivity index (χ2n) is 6.15. The van der Waals surface area contributed by atoms with Crippen LogP contribution >= 0.6 is 0 Å². The summed E-state index contributed by atoms with van der Waals surface area (Å²) in [6.07, 6.45) is 2.12. The van der Waals surface area contributed by atoms with Gasteiger partial charge in [-0.15, -0.1) is 0 Å². The van der Waals surface area contributed by atoms with Gasteiger partial charge in [0.1, 0.15) is 0 Å². The van der Waals surface area contributed by atoms with Crippen LogP contribution in [0.2, 0.25) is 0 Å². The molecule has 0 amide bonds. The molecule has 1 atom stereocenters. The van der Waals surface area contributed by atoms with Crippen LogP contribution in [0.4, 0.5) is 0 Å². The predicted octanol–water partition coefficient (Wildman–Crippen LogP) is 2.15. The number of nitrogens with zero attached hydrogens (tertiary/aromatic N) is 2. The molecule has 1 unspecified atom stereocenters. The zero-order chi connectivity index (χ0) is 16.7.